The van der Waals surface area contributed by atoms with E-state index in [-0.39, 0.29) is 11.4 Å². The van der Waals surface area contributed by atoms with Gasteiger partial charge in [0.05, 0.1) is 22.6 Å². The van der Waals surface area contributed by atoms with Crippen LogP contribution < -0.4 is 10.0 Å². The Morgan fingerprint density at radius 3 is 2.76 bits per heavy atom. The quantitative estimate of drug-likeness (QED) is 0.807. The number of aryl methyl sites for hydroxylation is 1. The van der Waals surface area contributed by atoms with E-state index in [1.54, 1.807) is 17.8 Å². The molecule has 0 bridgehead atoms. The summed E-state index contributed by atoms with van der Waals surface area (Å²) in [6, 6.07) is 2.04. The monoisotopic (exact) mass is 328 g/mol. The Labute approximate surface area is 129 Å². The molecule has 0 aromatic carbocycles. The van der Waals surface area contributed by atoms with Gasteiger partial charge in [-0.1, -0.05) is 13.8 Å². The van der Waals surface area contributed by atoms with Crippen molar-refractivity contribution >= 4 is 21.4 Å². The average molecular weight is 328 g/mol. The van der Waals surface area contributed by atoms with Crippen molar-refractivity contribution in [2.24, 2.45) is 7.05 Å². The van der Waals surface area contributed by atoms with Gasteiger partial charge in [0.2, 0.25) is 10.0 Å². The van der Waals surface area contributed by atoms with Crippen molar-refractivity contribution in [3.05, 3.63) is 34.5 Å². The van der Waals surface area contributed by atoms with E-state index >= 15 is 0 Å². The number of sulfonamides is 1. The van der Waals surface area contributed by atoms with Crippen molar-refractivity contribution in [2.45, 2.75) is 37.9 Å². The lowest BCUT2D eigenvalue weighted by atomic mass is 10.3. The van der Waals surface area contributed by atoms with Crippen LogP contribution in [-0.2, 0) is 30.2 Å². The maximum atomic E-state index is 12.3. The van der Waals surface area contributed by atoms with E-state index < -0.39 is 10.0 Å². The van der Waals surface area contributed by atoms with Crippen LogP contribution in [0.25, 0.3) is 0 Å². The largest absolute Gasteiger partial charge is 0.352 e. The molecule has 0 unspecified atom stereocenters. The first-order chi connectivity index (χ1) is 9.88. The highest BCUT2D eigenvalue weighted by Gasteiger charge is 2.17. The fourth-order valence-corrected chi connectivity index (χ4v) is 3.44. The molecule has 6 nitrogen and oxygen atoms in total. The van der Waals surface area contributed by atoms with Gasteiger partial charge in [0.15, 0.2) is 0 Å². The highest BCUT2D eigenvalue weighted by molar-refractivity contribution is 7.89. The van der Waals surface area contributed by atoms with Gasteiger partial charge in [-0.25, -0.2) is 18.1 Å². The van der Waals surface area contributed by atoms with Crippen LogP contribution in [0.1, 0.15) is 25.2 Å². The minimum absolute atomic E-state index is 0.209. The number of hydrogen-bond donors (Lipinski definition) is 2. The van der Waals surface area contributed by atoms with Crippen LogP contribution in [0.15, 0.2) is 28.0 Å². The number of thiazole rings is 1. The Balaban J connectivity index is 2.07. The zero-order valence-corrected chi connectivity index (χ0v) is 14.0. The molecule has 0 radical (unpaired) electrons. The molecule has 0 atom stereocenters. The zero-order valence-electron chi connectivity index (χ0n) is 12.3. The summed E-state index contributed by atoms with van der Waals surface area (Å²) >= 11 is 1.44. The minimum Gasteiger partial charge on any atom is -0.352 e. The lowest BCUT2D eigenvalue weighted by molar-refractivity contribution is 0.571. The second-order valence-corrected chi connectivity index (χ2v) is 7.60. The van der Waals surface area contributed by atoms with Crippen LogP contribution in [0.4, 0.5) is 0 Å². The summed E-state index contributed by atoms with van der Waals surface area (Å²) in [5.41, 5.74) is 3.33. The van der Waals surface area contributed by atoms with Crippen molar-refractivity contribution in [1.82, 2.24) is 19.6 Å². The zero-order chi connectivity index (χ0) is 15.5. The molecular formula is C13H20N4O2S2. The number of nitrogens with one attached hydrogen (secondary N) is 2. The summed E-state index contributed by atoms with van der Waals surface area (Å²) < 4.78 is 28.9. The van der Waals surface area contributed by atoms with Crippen molar-refractivity contribution in [2.75, 3.05) is 0 Å². The minimum atomic E-state index is -3.51. The number of aromatic nitrogens is 2. The molecule has 2 rings (SSSR count). The summed E-state index contributed by atoms with van der Waals surface area (Å²) in [6.07, 6.45) is 1.63. The second-order valence-electron chi connectivity index (χ2n) is 5.12. The van der Waals surface area contributed by atoms with Crippen molar-refractivity contribution in [1.29, 1.82) is 0 Å². The maximum Gasteiger partial charge on any atom is 0.242 e. The molecular weight excluding hydrogens is 308 g/mol. The Morgan fingerprint density at radius 2 is 2.14 bits per heavy atom. The molecule has 116 valence electrons. The fraction of sp³-hybridized carbons (Fsp3) is 0.462. The summed E-state index contributed by atoms with van der Waals surface area (Å²) in [6.45, 7) is 4.95. The molecule has 2 heterocycles. The van der Waals surface area contributed by atoms with E-state index in [0.717, 1.165) is 11.4 Å². The Kier molecular flexibility index (Phi) is 5.15. The first kappa shape index (κ1) is 16.2. The van der Waals surface area contributed by atoms with Crippen molar-refractivity contribution < 1.29 is 8.42 Å². The Hall–Kier alpha value is -1.22. The Morgan fingerprint density at radius 1 is 1.38 bits per heavy atom. The SMILES string of the molecule is CC(C)NCc1cc(S(=O)(=O)NCc2cscn2)cn1C. The summed E-state index contributed by atoms with van der Waals surface area (Å²) in [4.78, 5) is 4.34. The average Bonchev–Trinajstić information content (AvgIpc) is 3.04. The van der Waals surface area contributed by atoms with Crippen molar-refractivity contribution in [3.8, 4) is 0 Å². The standard InChI is InChI=1S/C13H20N4O2S2/c1-10(2)14-6-12-4-13(7-17(12)3)21(18,19)16-5-11-8-20-9-15-11/h4,7-10,14,16H,5-6H2,1-3H3. The Bertz CT molecular complexity index is 675. The fourth-order valence-electron chi connectivity index (χ4n) is 1.79. The van der Waals surface area contributed by atoms with E-state index in [9.17, 15) is 8.42 Å². The third-order valence-corrected chi connectivity index (χ3v) is 5.01. The maximum absolute atomic E-state index is 12.3. The molecule has 0 saturated carbocycles. The normalized spacial score (nSPS) is 12.2. The van der Waals surface area contributed by atoms with Crippen LogP contribution in [0.3, 0.4) is 0 Å². The van der Waals surface area contributed by atoms with Gasteiger partial charge in [0.1, 0.15) is 0 Å². The van der Waals surface area contributed by atoms with Crippen LogP contribution in [0.5, 0.6) is 0 Å². The molecule has 0 fully saturated rings. The third kappa shape index (κ3) is 4.37. The van der Waals surface area contributed by atoms with Gasteiger partial charge in [-0.15, -0.1) is 11.3 Å². The molecule has 0 aliphatic carbocycles. The van der Waals surface area contributed by atoms with Crippen LogP contribution >= 0.6 is 11.3 Å². The number of hydrogen-bond acceptors (Lipinski definition) is 5. The van der Waals surface area contributed by atoms with E-state index in [0.29, 0.717) is 12.6 Å². The van der Waals surface area contributed by atoms with E-state index in [2.05, 4.69) is 28.9 Å². The molecule has 0 aliphatic rings. The molecule has 0 saturated heterocycles. The summed E-state index contributed by atoms with van der Waals surface area (Å²) in [5, 5.41) is 5.10. The van der Waals surface area contributed by atoms with Gasteiger partial charge in [0.25, 0.3) is 0 Å². The van der Waals surface area contributed by atoms with Gasteiger partial charge in [-0.05, 0) is 6.07 Å². The van der Waals surface area contributed by atoms with Crippen LogP contribution in [-0.4, -0.2) is 24.0 Å². The molecule has 0 aliphatic heterocycles. The van der Waals surface area contributed by atoms with E-state index in [1.165, 1.54) is 11.3 Å². The van der Waals surface area contributed by atoms with Gasteiger partial charge in [0, 0.05) is 36.9 Å². The van der Waals surface area contributed by atoms with E-state index in [4.69, 9.17) is 0 Å². The highest BCUT2D eigenvalue weighted by Crippen LogP contribution is 2.14. The molecule has 0 spiro atoms. The topological polar surface area (TPSA) is 76.0 Å². The van der Waals surface area contributed by atoms with Crippen LogP contribution in [0, 0.1) is 0 Å². The smallest absolute Gasteiger partial charge is 0.242 e. The predicted molar refractivity (Wildman–Crippen MR) is 83.5 cm³/mol. The van der Waals surface area contributed by atoms with E-state index in [1.807, 2.05) is 17.0 Å². The van der Waals surface area contributed by atoms with Crippen LogP contribution in [0.2, 0.25) is 0 Å². The van der Waals surface area contributed by atoms with Gasteiger partial charge >= 0.3 is 0 Å². The predicted octanol–water partition coefficient (Wildman–Crippen LogP) is 1.46. The lowest BCUT2D eigenvalue weighted by Gasteiger charge is -2.08. The molecule has 2 N–H and O–H groups in total. The van der Waals surface area contributed by atoms with Gasteiger partial charge in [-0.3, -0.25) is 0 Å². The summed E-state index contributed by atoms with van der Waals surface area (Å²) in [5.74, 6) is 0. The first-order valence-electron chi connectivity index (χ1n) is 6.64. The molecule has 8 heteroatoms. The highest BCUT2D eigenvalue weighted by atomic mass is 32.2. The summed E-state index contributed by atoms with van der Waals surface area (Å²) in [7, 11) is -1.67. The van der Waals surface area contributed by atoms with Gasteiger partial charge < -0.3 is 9.88 Å². The van der Waals surface area contributed by atoms with Crippen molar-refractivity contribution in [3.63, 3.8) is 0 Å². The third-order valence-electron chi connectivity index (χ3n) is 3.01. The molecule has 2 aromatic heterocycles. The first-order valence-corrected chi connectivity index (χ1v) is 9.06. The van der Waals surface area contributed by atoms with Gasteiger partial charge in [-0.2, -0.15) is 0 Å². The number of rotatable bonds is 7. The molecule has 2 aromatic rings. The molecule has 0 amide bonds. The molecule has 21 heavy (non-hydrogen) atoms. The second kappa shape index (κ2) is 6.69. The lowest BCUT2D eigenvalue weighted by Crippen LogP contribution is -2.23. The number of nitrogens with zero attached hydrogens (tertiary/aromatic N) is 2.